The molecule has 0 bridgehead atoms. The number of nitrogens with zero attached hydrogens (tertiary/aromatic N) is 4. The van der Waals surface area contributed by atoms with Crippen LogP contribution in [0, 0.1) is 5.82 Å². The number of piperazine rings is 1. The van der Waals surface area contributed by atoms with Crippen LogP contribution >= 0.6 is 0 Å². The highest BCUT2D eigenvalue weighted by Crippen LogP contribution is 2.25. The summed E-state index contributed by atoms with van der Waals surface area (Å²) in [5, 5.41) is 3.24. The maximum absolute atomic E-state index is 14.7. The van der Waals surface area contributed by atoms with Gasteiger partial charge in [0.1, 0.15) is 6.61 Å². The summed E-state index contributed by atoms with van der Waals surface area (Å²) in [6, 6.07) is 11.2. The van der Waals surface area contributed by atoms with Crippen LogP contribution in [0.15, 0.2) is 48.8 Å². The Labute approximate surface area is 235 Å². The lowest BCUT2D eigenvalue weighted by Gasteiger charge is -2.34. The summed E-state index contributed by atoms with van der Waals surface area (Å²) in [5.41, 5.74) is 2.76. The smallest absolute Gasteiger partial charge is 0.227 e. The van der Waals surface area contributed by atoms with Crippen LogP contribution < -0.4 is 14.8 Å². The van der Waals surface area contributed by atoms with E-state index in [1.54, 1.807) is 14.0 Å². The van der Waals surface area contributed by atoms with Crippen molar-refractivity contribution >= 4 is 17.4 Å². The van der Waals surface area contributed by atoms with Gasteiger partial charge in [-0.15, -0.1) is 0 Å². The van der Waals surface area contributed by atoms with Crippen molar-refractivity contribution in [2.24, 2.45) is 0 Å². The van der Waals surface area contributed by atoms with Gasteiger partial charge in [-0.25, -0.2) is 14.4 Å². The summed E-state index contributed by atoms with van der Waals surface area (Å²) < 4.78 is 30.7. The van der Waals surface area contributed by atoms with E-state index >= 15 is 0 Å². The zero-order valence-corrected chi connectivity index (χ0v) is 23.5. The quantitative estimate of drug-likeness (QED) is 0.294. The molecular weight excluding hydrogens is 513 g/mol. The minimum atomic E-state index is -0.557. The summed E-state index contributed by atoms with van der Waals surface area (Å²) >= 11 is 0. The summed E-state index contributed by atoms with van der Waals surface area (Å²) in [4.78, 5) is 25.8. The molecule has 0 radical (unpaired) electrons. The maximum Gasteiger partial charge on any atom is 0.227 e. The molecule has 0 spiro atoms. The zero-order chi connectivity index (χ0) is 28.3. The SMILES string of the molecule is CCC(=O)c1cc(COc2cnc(Nc3cccc(CCN4CCN(CCOC)CC4)c3)nc2)c(F)c(OC)c1. The Morgan fingerprint density at radius 3 is 2.42 bits per heavy atom. The highest BCUT2D eigenvalue weighted by atomic mass is 19.1. The van der Waals surface area contributed by atoms with Gasteiger partial charge in [-0.1, -0.05) is 19.1 Å². The van der Waals surface area contributed by atoms with E-state index < -0.39 is 5.82 Å². The lowest BCUT2D eigenvalue weighted by Crippen LogP contribution is -2.47. The molecule has 3 aromatic rings. The number of carbonyl (C=O) groups excluding carboxylic acids is 1. The van der Waals surface area contributed by atoms with E-state index in [1.807, 2.05) is 12.1 Å². The number of anilines is 2. The Hall–Kier alpha value is -3.60. The van der Waals surface area contributed by atoms with Crippen LogP contribution in [0.2, 0.25) is 0 Å². The zero-order valence-electron chi connectivity index (χ0n) is 23.5. The fourth-order valence-corrected chi connectivity index (χ4v) is 4.57. The van der Waals surface area contributed by atoms with Crippen molar-refractivity contribution < 1.29 is 23.4 Å². The predicted molar refractivity (Wildman–Crippen MR) is 152 cm³/mol. The van der Waals surface area contributed by atoms with Gasteiger partial charge in [-0.05, 0) is 36.2 Å². The second-order valence-corrected chi connectivity index (χ2v) is 9.71. The number of benzene rings is 2. The Morgan fingerprint density at radius 1 is 1.02 bits per heavy atom. The Kier molecular flexibility index (Phi) is 10.8. The molecule has 2 aromatic carbocycles. The molecule has 1 aromatic heterocycles. The number of aromatic nitrogens is 2. The lowest BCUT2D eigenvalue weighted by atomic mass is 10.0. The summed E-state index contributed by atoms with van der Waals surface area (Å²) in [5.74, 6) is 0.168. The number of methoxy groups -OCH3 is 2. The molecule has 1 aliphatic rings. The minimum absolute atomic E-state index is 0.0106. The van der Waals surface area contributed by atoms with E-state index in [1.165, 1.54) is 37.2 Å². The van der Waals surface area contributed by atoms with Crippen LogP contribution in [0.1, 0.15) is 34.8 Å². The molecule has 1 saturated heterocycles. The fourth-order valence-electron chi connectivity index (χ4n) is 4.57. The number of ketones is 1. The van der Waals surface area contributed by atoms with Gasteiger partial charge in [-0.3, -0.25) is 9.69 Å². The van der Waals surface area contributed by atoms with Crippen molar-refractivity contribution in [3.63, 3.8) is 0 Å². The Balaban J connectivity index is 1.28. The Morgan fingerprint density at radius 2 is 1.75 bits per heavy atom. The molecule has 1 aliphatic heterocycles. The molecule has 40 heavy (non-hydrogen) atoms. The summed E-state index contributed by atoms with van der Waals surface area (Å²) in [6.07, 6.45) is 4.34. The van der Waals surface area contributed by atoms with E-state index in [0.717, 1.165) is 58.0 Å². The molecule has 214 valence electrons. The molecule has 10 heteroatoms. The first kappa shape index (κ1) is 29.4. The highest BCUT2D eigenvalue weighted by Gasteiger charge is 2.17. The molecule has 0 unspecified atom stereocenters. The third-order valence-electron chi connectivity index (χ3n) is 6.98. The highest BCUT2D eigenvalue weighted by molar-refractivity contribution is 5.96. The molecule has 1 N–H and O–H groups in total. The van der Waals surface area contributed by atoms with Crippen LogP contribution in [-0.4, -0.2) is 85.6 Å². The van der Waals surface area contributed by atoms with E-state index in [2.05, 4.69) is 37.2 Å². The second-order valence-electron chi connectivity index (χ2n) is 9.71. The van der Waals surface area contributed by atoms with Gasteiger partial charge in [-0.2, -0.15) is 0 Å². The topological polar surface area (TPSA) is 89.1 Å². The third kappa shape index (κ3) is 8.20. The van der Waals surface area contributed by atoms with Crippen molar-refractivity contribution in [1.29, 1.82) is 0 Å². The van der Waals surface area contributed by atoms with Gasteiger partial charge >= 0.3 is 0 Å². The van der Waals surface area contributed by atoms with Gasteiger partial charge in [0.25, 0.3) is 0 Å². The van der Waals surface area contributed by atoms with E-state index in [-0.39, 0.29) is 23.7 Å². The third-order valence-corrected chi connectivity index (χ3v) is 6.98. The van der Waals surface area contributed by atoms with E-state index in [4.69, 9.17) is 14.2 Å². The van der Waals surface area contributed by atoms with E-state index in [0.29, 0.717) is 23.7 Å². The van der Waals surface area contributed by atoms with Crippen LogP contribution in [0.25, 0.3) is 0 Å². The summed E-state index contributed by atoms with van der Waals surface area (Å²) in [7, 11) is 3.11. The van der Waals surface area contributed by atoms with Crippen LogP contribution in [-0.2, 0) is 17.8 Å². The van der Waals surface area contributed by atoms with Gasteiger partial charge in [0, 0.05) is 69.6 Å². The molecule has 0 aliphatic carbocycles. The Bertz CT molecular complexity index is 1250. The molecule has 0 amide bonds. The monoisotopic (exact) mass is 551 g/mol. The number of Topliss-reactive ketones (excluding diaryl/α,β-unsaturated/α-hetero) is 1. The van der Waals surface area contributed by atoms with Gasteiger partial charge in [0.05, 0.1) is 26.1 Å². The molecule has 0 atom stereocenters. The van der Waals surface area contributed by atoms with Crippen molar-refractivity contribution in [2.75, 3.05) is 65.4 Å². The van der Waals surface area contributed by atoms with E-state index in [9.17, 15) is 9.18 Å². The first-order chi connectivity index (χ1) is 19.5. The largest absolute Gasteiger partial charge is 0.494 e. The van der Waals surface area contributed by atoms with Crippen molar-refractivity contribution in [2.45, 2.75) is 26.4 Å². The minimum Gasteiger partial charge on any atom is -0.494 e. The predicted octanol–water partition coefficient (Wildman–Crippen LogP) is 4.35. The van der Waals surface area contributed by atoms with Crippen LogP contribution in [0.3, 0.4) is 0 Å². The summed E-state index contributed by atoms with van der Waals surface area (Å²) in [6.45, 7) is 8.78. The van der Waals surface area contributed by atoms with Crippen molar-refractivity contribution in [3.05, 3.63) is 71.3 Å². The molecule has 9 nitrogen and oxygen atoms in total. The number of hydrogen-bond acceptors (Lipinski definition) is 9. The number of hydrogen-bond donors (Lipinski definition) is 1. The standard InChI is InChI=1S/C30H38FN5O4/c1-4-27(37)23-17-24(29(31)28(18-23)39-3)21-40-26-19-32-30(33-20-26)34-25-7-5-6-22(16-25)8-9-35-10-12-36(13-11-35)14-15-38-2/h5-7,16-20H,4,8-15,21H2,1-3H3,(H,32,33,34). The molecular formula is C30H38FN5O4. The average Bonchev–Trinajstić information content (AvgIpc) is 2.99. The first-order valence-electron chi connectivity index (χ1n) is 13.6. The lowest BCUT2D eigenvalue weighted by molar-refractivity contribution is 0.0975. The number of rotatable bonds is 14. The maximum atomic E-state index is 14.7. The second kappa shape index (κ2) is 14.7. The normalized spacial score (nSPS) is 14.2. The number of halogens is 1. The number of nitrogens with one attached hydrogen (secondary N) is 1. The first-order valence-corrected chi connectivity index (χ1v) is 13.6. The number of ether oxygens (including phenoxy) is 3. The van der Waals surface area contributed by atoms with Gasteiger partial charge < -0.3 is 24.4 Å². The molecule has 1 fully saturated rings. The van der Waals surface area contributed by atoms with Crippen LogP contribution in [0.5, 0.6) is 11.5 Å². The molecule has 4 rings (SSSR count). The number of carbonyl (C=O) groups is 1. The molecule has 2 heterocycles. The van der Waals surface area contributed by atoms with Crippen LogP contribution in [0.4, 0.5) is 16.0 Å². The van der Waals surface area contributed by atoms with Gasteiger partial charge in [0.2, 0.25) is 5.95 Å². The van der Waals surface area contributed by atoms with Crippen molar-refractivity contribution in [3.8, 4) is 11.5 Å². The van der Waals surface area contributed by atoms with Gasteiger partial charge in [0.15, 0.2) is 23.1 Å². The van der Waals surface area contributed by atoms with Crippen molar-refractivity contribution in [1.82, 2.24) is 19.8 Å². The fraction of sp³-hybridized carbons (Fsp3) is 0.433. The average molecular weight is 552 g/mol. The molecule has 0 saturated carbocycles.